The van der Waals surface area contributed by atoms with Crippen LogP contribution in [0.1, 0.15) is 38.5 Å². The zero-order valence-corrected chi connectivity index (χ0v) is 13.5. The van der Waals surface area contributed by atoms with E-state index in [4.69, 9.17) is 11.6 Å². The minimum atomic E-state index is 0.220. The van der Waals surface area contributed by atoms with E-state index in [-0.39, 0.29) is 5.91 Å². The number of carbonyl (C=O) groups is 1. The van der Waals surface area contributed by atoms with Crippen LogP contribution in [0.2, 0.25) is 4.34 Å². The van der Waals surface area contributed by atoms with Crippen LogP contribution < -0.4 is 5.32 Å². The predicted octanol–water partition coefficient (Wildman–Crippen LogP) is 3.53. The van der Waals surface area contributed by atoms with Crippen molar-refractivity contribution in [2.24, 2.45) is 0 Å². The van der Waals surface area contributed by atoms with Gasteiger partial charge in [-0.15, -0.1) is 11.3 Å². The molecule has 0 spiro atoms. The van der Waals surface area contributed by atoms with E-state index in [1.165, 1.54) is 0 Å². The highest BCUT2D eigenvalue weighted by Crippen LogP contribution is 2.22. The molecule has 0 bridgehead atoms. The van der Waals surface area contributed by atoms with Crippen LogP contribution in [0.3, 0.4) is 0 Å². The fourth-order valence-electron chi connectivity index (χ4n) is 1.79. The molecule has 5 heteroatoms. The second kappa shape index (κ2) is 8.56. The number of halogens is 1. The van der Waals surface area contributed by atoms with E-state index in [2.05, 4.69) is 19.2 Å². The van der Waals surface area contributed by atoms with Crippen LogP contribution in [0, 0.1) is 0 Å². The summed E-state index contributed by atoms with van der Waals surface area (Å²) in [5.41, 5.74) is 0. The Morgan fingerprint density at radius 1 is 1.47 bits per heavy atom. The SMILES string of the molecule is CCN(Cc1ccc(Cl)s1)C(=O)CCCNC(C)C. The largest absolute Gasteiger partial charge is 0.338 e. The molecule has 1 aromatic rings. The number of hydrogen-bond donors (Lipinski definition) is 1. The standard InChI is InChI=1S/C14H23ClN2OS/c1-4-17(10-12-7-8-13(15)19-12)14(18)6-5-9-16-11(2)3/h7-8,11,16H,4-6,9-10H2,1-3H3. The van der Waals surface area contributed by atoms with Crippen LogP contribution >= 0.6 is 22.9 Å². The Balaban J connectivity index is 2.35. The van der Waals surface area contributed by atoms with Gasteiger partial charge in [0, 0.05) is 23.9 Å². The number of carbonyl (C=O) groups excluding carboxylic acids is 1. The van der Waals surface area contributed by atoms with E-state index in [1.807, 2.05) is 24.0 Å². The number of thiophene rings is 1. The average molecular weight is 303 g/mol. The van der Waals surface area contributed by atoms with Crippen molar-refractivity contribution in [3.05, 3.63) is 21.3 Å². The van der Waals surface area contributed by atoms with E-state index in [1.54, 1.807) is 11.3 Å². The highest BCUT2D eigenvalue weighted by atomic mass is 35.5. The first-order valence-corrected chi connectivity index (χ1v) is 7.97. The molecule has 1 heterocycles. The normalized spacial score (nSPS) is 11.0. The summed E-state index contributed by atoms with van der Waals surface area (Å²) >= 11 is 7.45. The van der Waals surface area contributed by atoms with Crippen LogP contribution in [0.15, 0.2) is 12.1 Å². The lowest BCUT2D eigenvalue weighted by atomic mass is 10.2. The Morgan fingerprint density at radius 3 is 2.74 bits per heavy atom. The summed E-state index contributed by atoms with van der Waals surface area (Å²) in [5, 5.41) is 3.32. The van der Waals surface area contributed by atoms with E-state index in [0.717, 1.165) is 28.7 Å². The van der Waals surface area contributed by atoms with E-state index in [0.29, 0.717) is 19.0 Å². The van der Waals surface area contributed by atoms with Crippen LogP contribution in [-0.4, -0.2) is 29.9 Å². The molecule has 0 fully saturated rings. The molecule has 3 nitrogen and oxygen atoms in total. The molecule has 0 aromatic carbocycles. The third-order valence-corrected chi connectivity index (χ3v) is 4.05. The van der Waals surface area contributed by atoms with Crippen molar-refractivity contribution in [2.45, 2.75) is 46.2 Å². The molecule has 1 N–H and O–H groups in total. The van der Waals surface area contributed by atoms with Crippen molar-refractivity contribution in [3.63, 3.8) is 0 Å². The van der Waals surface area contributed by atoms with Crippen LogP contribution in [0.25, 0.3) is 0 Å². The fraction of sp³-hybridized carbons (Fsp3) is 0.643. The summed E-state index contributed by atoms with van der Waals surface area (Å²) in [6, 6.07) is 4.35. The van der Waals surface area contributed by atoms with Gasteiger partial charge in [0.15, 0.2) is 0 Å². The lowest BCUT2D eigenvalue weighted by molar-refractivity contribution is -0.131. The van der Waals surface area contributed by atoms with Crippen molar-refractivity contribution in [3.8, 4) is 0 Å². The van der Waals surface area contributed by atoms with Gasteiger partial charge in [0.05, 0.1) is 10.9 Å². The molecular weight excluding hydrogens is 280 g/mol. The minimum Gasteiger partial charge on any atom is -0.338 e. The lowest BCUT2D eigenvalue weighted by Crippen LogP contribution is -2.31. The molecular formula is C14H23ClN2OS. The summed E-state index contributed by atoms with van der Waals surface area (Å²) in [4.78, 5) is 15.1. The van der Waals surface area contributed by atoms with Gasteiger partial charge in [0.1, 0.15) is 0 Å². The van der Waals surface area contributed by atoms with Crippen LogP contribution in [0.4, 0.5) is 0 Å². The van der Waals surface area contributed by atoms with E-state index in [9.17, 15) is 4.79 Å². The number of nitrogens with zero attached hydrogens (tertiary/aromatic N) is 1. The van der Waals surface area contributed by atoms with Crippen molar-refractivity contribution < 1.29 is 4.79 Å². The Bertz CT molecular complexity index is 393. The molecule has 0 unspecified atom stereocenters. The summed E-state index contributed by atoms with van der Waals surface area (Å²) in [6.45, 7) is 8.54. The number of hydrogen-bond acceptors (Lipinski definition) is 3. The zero-order chi connectivity index (χ0) is 14.3. The van der Waals surface area contributed by atoms with Crippen LogP contribution in [0.5, 0.6) is 0 Å². The van der Waals surface area contributed by atoms with Gasteiger partial charge in [-0.05, 0) is 32.0 Å². The van der Waals surface area contributed by atoms with Gasteiger partial charge < -0.3 is 10.2 Å². The molecule has 0 atom stereocenters. The van der Waals surface area contributed by atoms with Crippen LogP contribution in [-0.2, 0) is 11.3 Å². The van der Waals surface area contributed by atoms with Crippen molar-refractivity contribution in [2.75, 3.05) is 13.1 Å². The molecule has 0 saturated heterocycles. The van der Waals surface area contributed by atoms with Gasteiger partial charge in [-0.25, -0.2) is 0 Å². The summed E-state index contributed by atoms with van der Waals surface area (Å²) in [6.07, 6.45) is 1.49. The van der Waals surface area contributed by atoms with Gasteiger partial charge >= 0.3 is 0 Å². The quantitative estimate of drug-likeness (QED) is 0.745. The molecule has 108 valence electrons. The number of rotatable bonds is 8. The maximum Gasteiger partial charge on any atom is 0.222 e. The monoisotopic (exact) mass is 302 g/mol. The van der Waals surface area contributed by atoms with Gasteiger partial charge in [0.25, 0.3) is 0 Å². The first kappa shape index (κ1) is 16.5. The second-order valence-electron chi connectivity index (χ2n) is 4.83. The molecule has 0 aliphatic heterocycles. The Kier molecular flexibility index (Phi) is 7.42. The van der Waals surface area contributed by atoms with Gasteiger partial charge in [-0.3, -0.25) is 4.79 Å². The summed E-state index contributed by atoms with van der Waals surface area (Å²) < 4.78 is 0.777. The van der Waals surface area contributed by atoms with Gasteiger partial charge in [-0.2, -0.15) is 0 Å². The molecule has 1 rings (SSSR count). The van der Waals surface area contributed by atoms with Crippen molar-refractivity contribution >= 4 is 28.8 Å². The minimum absolute atomic E-state index is 0.220. The Hall–Kier alpha value is -0.580. The van der Waals surface area contributed by atoms with E-state index < -0.39 is 0 Å². The topological polar surface area (TPSA) is 32.3 Å². The first-order chi connectivity index (χ1) is 9.02. The van der Waals surface area contributed by atoms with E-state index >= 15 is 0 Å². The lowest BCUT2D eigenvalue weighted by Gasteiger charge is -2.20. The number of amides is 1. The van der Waals surface area contributed by atoms with Gasteiger partial charge in [0.2, 0.25) is 5.91 Å². The highest BCUT2D eigenvalue weighted by molar-refractivity contribution is 7.16. The Labute approximate surface area is 124 Å². The molecule has 0 aliphatic carbocycles. The summed E-state index contributed by atoms with van der Waals surface area (Å²) in [7, 11) is 0. The van der Waals surface area contributed by atoms with Gasteiger partial charge in [-0.1, -0.05) is 25.4 Å². The highest BCUT2D eigenvalue weighted by Gasteiger charge is 2.12. The average Bonchev–Trinajstić information content (AvgIpc) is 2.76. The smallest absolute Gasteiger partial charge is 0.222 e. The third kappa shape index (κ3) is 6.41. The molecule has 19 heavy (non-hydrogen) atoms. The zero-order valence-electron chi connectivity index (χ0n) is 11.9. The predicted molar refractivity (Wildman–Crippen MR) is 82.8 cm³/mol. The molecule has 0 radical (unpaired) electrons. The second-order valence-corrected chi connectivity index (χ2v) is 6.63. The maximum absolute atomic E-state index is 12.1. The van der Waals surface area contributed by atoms with Crippen molar-refractivity contribution in [1.29, 1.82) is 0 Å². The maximum atomic E-state index is 12.1. The first-order valence-electron chi connectivity index (χ1n) is 6.78. The van der Waals surface area contributed by atoms with Crippen molar-refractivity contribution in [1.82, 2.24) is 10.2 Å². The Morgan fingerprint density at radius 2 is 2.21 bits per heavy atom. The number of nitrogens with one attached hydrogen (secondary N) is 1. The fourth-order valence-corrected chi connectivity index (χ4v) is 2.89. The molecule has 0 saturated carbocycles. The third-order valence-electron chi connectivity index (χ3n) is 2.83. The molecule has 0 aliphatic rings. The molecule has 1 aromatic heterocycles. The summed E-state index contributed by atoms with van der Waals surface area (Å²) in [5.74, 6) is 0.220. The molecule has 1 amide bonds.